The van der Waals surface area contributed by atoms with Gasteiger partial charge in [0.05, 0.1) is 24.0 Å². The third-order valence-electron chi connectivity index (χ3n) is 7.75. The number of aliphatic hydroxyl groups excluding tert-OH is 1. The summed E-state index contributed by atoms with van der Waals surface area (Å²) in [5.41, 5.74) is -2.18. The zero-order chi connectivity index (χ0) is 23.3. The molecule has 8 heteroatoms. The molecule has 32 heavy (non-hydrogen) atoms. The maximum atomic E-state index is 13.9. The van der Waals surface area contributed by atoms with Crippen LogP contribution in [0.25, 0.3) is 0 Å². The summed E-state index contributed by atoms with van der Waals surface area (Å²) in [7, 11) is 1.73. The molecule has 0 aliphatic carbocycles. The molecule has 2 saturated heterocycles. The van der Waals surface area contributed by atoms with Gasteiger partial charge in [-0.15, -0.1) is 0 Å². The van der Waals surface area contributed by atoms with Crippen molar-refractivity contribution in [3.05, 3.63) is 24.3 Å². The summed E-state index contributed by atoms with van der Waals surface area (Å²) < 4.78 is 6.79. The van der Waals surface area contributed by atoms with Crippen molar-refractivity contribution in [1.82, 2.24) is 14.7 Å². The normalized spacial score (nSPS) is 37.3. The van der Waals surface area contributed by atoms with Gasteiger partial charge in [-0.3, -0.25) is 14.4 Å². The highest BCUT2D eigenvalue weighted by atomic mass is 16.5. The van der Waals surface area contributed by atoms with Gasteiger partial charge in [0.15, 0.2) is 0 Å². The second-order valence-electron chi connectivity index (χ2n) is 9.53. The maximum absolute atomic E-state index is 13.9. The summed E-state index contributed by atoms with van der Waals surface area (Å²) >= 11 is 0. The van der Waals surface area contributed by atoms with Crippen LogP contribution in [-0.2, 0) is 19.1 Å². The molecular weight excluding hydrogens is 410 g/mol. The first-order valence-corrected chi connectivity index (χ1v) is 11.8. The Hall–Kier alpha value is -2.19. The zero-order valence-corrected chi connectivity index (χ0v) is 19.5. The van der Waals surface area contributed by atoms with Crippen molar-refractivity contribution >= 4 is 17.7 Å². The molecule has 8 nitrogen and oxygen atoms in total. The standard InChI is InChI=1S/C24H35N3O5/c1-5-9-16(3)26-13-8-11-24-18(21(30)27(14-15-28)19(24)22(26)31)17-20(29)25(4)12-7-10-23(17,6-2)32-24/h7-8,10-11,16-19,28H,5-6,9,12-15H2,1-4H3/t16?,17-,18-,19?,23+,24-/m0/s1. The molecule has 0 radical (unpaired) electrons. The third kappa shape index (κ3) is 3.06. The highest BCUT2D eigenvalue weighted by Gasteiger charge is 2.75. The number of carbonyl (C=O) groups is 3. The summed E-state index contributed by atoms with van der Waals surface area (Å²) in [5.74, 6) is -2.12. The van der Waals surface area contributed by atoms with E-state index in [2.05, 4.69) is 6.92 Å². The number of likely N-dealkylation sites (tertiary alicyclic amines) is 1. The topological polar surface area (TPSA) is 90.4 Å². The van der Waals surface area contributed by atoms with E-state index in [0.29, 0.717) is 19.5 Å². The molecule has 2 unspecified atom stereocenters. The van der Waals surface area contributed by atoms with Crippen LogP contribution in [0.4, 0.5) is 0 Å². The highest BCUT2D eigenvalue weighted by Crippen LogP contribution is 2.58. The summed E-state index contributed by atoms with van der Waals surface area (Å²) in [6.07, 6.45) is 9.93. The van der Waals surface area contributed by atoms with Crippen molar-refractivity contribution < 1.29 is 24.2 Å². The number of β-amino-alcohol motifs (C(OH)–C–C–N with tert-alkyl or cyclic N) is 1. The number of likely N-dealkylation sites (N-methyl/N-ethyl adjacent to an activating group) is 1. The molecule has 176 valence electrons. The Balaban J connectivity index is 1.87. The van der Waals surface area contributed by atoms with Crippen molar-refractivity contribution in [2.75, 3.05) is 33.3 Å². The van der Waals surface area contributed by atoms with Crippen LogP contribution in [0, 0.1) is 11.8 Å². The van der Waals surface area contributed by atoms with E-state index in [1.54, 1.807) is 16.8 Å². The number of amides is 3. The van der Waals surface area contributed by atoms with Gasteiger partial charge in [0.1, 0.15) is 11.6 Å². The fraction of sp³-hybridized carbons (Fsp3) is 0.708. The molecule has 0 bridgehead atoms. The van der Waals surface area contributed by atoms with Crippen molar-refractivity contribution in [1.29, 1.82) is 0 Å². The Morgan fingerprint density at radius 1 is 1.09 bits per heavy atom. The minimum absolute atomic E-state index is 0.0112. The fourth-order valence-electron chi connectivity index (χ4n) is 6.22. The molecule has 4 aliphatic heterocycles. The monoisotopic (exact) mass is 445 g/mol. The molecule has 0 aromatic heterocycles. The first kappa shape index (κ1) is 23.0. The quantitative estimate of drug-likeness (QED) is 0.615. The van der Waals surface area contributed by atoms with Crippen LogP contribution in [0.1, 0.15) is 40.0 Å². The van der Waals surface area contributed by atoms with Crippen LogP contribution in [0.2, 0.25) is 0 Å². The van der Waals surface area contributed by atoms with Gasteiger partial charge in [0, 0.05) is 32.7 Å². The number of nitrogens with zero attached hydrogens (tertiary/aromatic N) is 3. The van der Waals surface area contributed by atoms with Gasteiger partial charge >= 0.3 is 0 Å². The van der Waals surface area contributed by atoms with E-state index in [1.807, 2.05) is 38.2 Å². The van der Waals surface area contributed by atoms with Crippen LogP contribution in [0.3, 0.4) is 0 Å². The van der Waals surface area contributed by atoms with Crippen LogP contribution in [-0.4, -0.2) is 94.1 Å². The largest absolute Gasteiger partial charge is 0.395 e. The predicted molar refractivity (Wildman–Crippen MR) is 118 cm³/mol. The molecule has 6 atom stereocenters. The Kier molecular flexibility index (Phi) is 5.96. The van der Waals surface area contributed by atoms with Crippen molar-refractivity contribution in [2.24, 2.45) is 11.8 Å². The van der Waals surface area contributed by atoms with Crippen LogP contribution in [0.5, 0.6) is 0 Å². The molecule has 1 spiro atoms. The van der Waals surface area contributed by atoms with Gasteiger partial charge in [-0.25, -0.2) is 0 Å². The first-order valence-electron chi connectivity index (χ1n) is 11.8. The van der Waals surface area contributed by atoms with E-state index in [0.717, 1.165) is 12.8 Å². The van der Waals surface area contributed by atoms with Crippen molar-refractivity contribution in [2.45, 2.75) is 63.3 Å². The van der Waals surface area contributed by atoms with E-state index in [4.69, 9.17) is 4.74 Å². The zero-order valence-electron chi connectivity index (χ0n) is 19.5. The number of ether oxygens (including phenoxy) is 1. The first-order chi connectivity index (χ1) is 15.3. The number of hydrogen-bond acceptors (Lipinski definition) is 5. The summed E-state index contributed by atoms with van der Waals surface area (Å²) in [6.45, 7) is 6.72. The molecule has 4 heterocycles. The smallest absolute Gasteiger partial charge is 0.249 e. The lowest BCUT2D eigenvalue weighted by Crippen LogP contribution is -2.57. The molecule has 0 saturated carbocycles. The maximum Gasteiger partial charge on any atom is 0.249 e. The van der Waals surface area contributed by atoms with Crippen LogP contribution >= 0.6 is 0 Å². The Morgan fingerprint density at radius 2 is 1.81 bits per heavy atom. The Labute approximate surface area is 189 Å². The molecule has 1 N–H and O–H groups in total. The SMILES string of the molecule is CCCC(C)N1CC=C[C@]23O[C@]4(CC)C=CCN(C)C(=O)[C@@H]4[C@H]2C(=O)N(CCO)C3C1=O. The van der Waals surface area contributed by atoms with E-state index >= 15 is 0 Å². The second kappa shape index (κ2) is 8.30. The summed E-state index contributed by atoms with van der Waals surface area (Å²) in [5, 5.41) is 9.72. The number of rotatable bonds is 6. The lowest BCUT2D eigenvalue weighted by Gasteiger charge is -2.39. The molecule has 4 aliphatic rings. The molecule has 3 amide bonds. The van der Waals surface area contributed by atoms with Crippen molar-refractivity contribution in [3.8, 4) is 0 Å². The van der Waals surface area contributed by atoms with Crippen LogP contribution < -0.4 is 0 Å². The minimum Gasteiger partial charge on any atom is -0.395 e. The minimum atomic E-state index is -1.23. The number of hydrogen-bond donors (Lipinski definition) is 1. The number of carbonyl (C=O) groups excluding carboxylic acids is 3. The Morgan fingerprint density at radius 3 is 2.47 bits per heavy atom. The average Bonchev–Trinajstić information content (AvgIpc) is 3.05. The number of fused-ring (bicyclic) bond motifs is 2. The molecule has 0 aromatic rings. The van der Waals surface area contributed by atoms with E-state index in [1.165, 1.54) is 4.90 Å². The lowest BCUT2D eigenvalue weighted by molar-refractivity contribution is -0.155. The summed E-state index contributed by atoms with van der Waals surface area (Å²) in [4.78, 5) is 46.1. The van der Waals surface area contributed by atoms with E-state index in [-0.39, 0.29) is 36.9 Å². The second-order valence-corrected chi connectivity index (χ2v) is 9.53. The number of aliphatic hydroxyl groups is 1. The molecule has 4 rings (SSSR count). The van der Waals surface area contributed by atoms with Crippen molar-refractivity contribution in [3.63, 3.8) is 0 Å². The highest BCUT2D eigenvalue weighted by molar-refractivity contribution is 6.00. The Bertz CT molecular complexity index is 857. The van der Waals surface area contributed by atoms with Gasteiger partial charge in [0.2, 0.25) is 17.7 Å². The van der Waals surface area contributed by atoms with E-state index < -0.39 is 29.1 Å². The van der Waals surface area contributed by atoms with Gasteiger partial charge in [-0.1, -0.05) is 44.6 Å². The van der Waals surface area contributed by atoms with Crippen LogP contribution in [0.15, 0.2) is 24.3 Å². The molecule has 0 aromatic carbocycles. The fourth-order valence-corrected chi connectivity index (χ4v) is 6.22. The lowest BCUT2D eigenvalue weighted by atomic mass is 9.73. The van der Waals surface area contributed by atoms with Gasteiger partial charge in [0.25, 0.3) is 0 Å². The third-order valence-corrected chi connectivity index (χ3v) is 7.75. The molecule has 2 fully saturated rings. The average molecular weight is 446 g/mol. The summed E-state index contributed by atoms with van der Waals surface area (Å²) in [6, 6.07) is -0.885. The van der Waals surface area contributed by atoms with Gasteiger partial charge in [-0.05, 0) is 19.8 Å². The van der Waals surface area contributed by atoms with E-state index in [9.17, 15) is 19.5 Å². The van der Waals surface area contributed by atoms with Gasteiger partial charge in [-0.2, -0.15) is 0 Å². The predicted octanol–water partition coefficient (Wildman–Crippen LogP) is 0.955. The van der Waals surface area contributed by atoms with Gasteiger partial charge < -0.3 is 24.5 Å². The molecular formula is C24H35N3O5.